The molecule has 0 saturated heterocycles. The Morgan fingerprint density at radius 1 is 1.06 bits per heavy atom. The van der Waals surface area contributed by atoms with E-state index in [2.05, 4.69) is 0 Å². The molecule has 0 aliphatic carbocycles. The van der Waals surface area contributed by atoms with Crippen LogP contribution in [0.4, 0.5) is 0 Å². The molecule has 0 heterocycles. The Hall–Kier alpha value is -2.10. The molecule has 4 heteroatoms. The van der Waals surface area contributed by atoms with Crippen LogP contribution in [0.15, 0.2) is 30.0 Å². The summed E-state index contributed by atoms with van der Waals surface area (Å²) in [7, 11) is 0. The summed E-state index contributed by atoms with van der Waals surface area (Å²) in [6.07, 6.45) is 0. The number of carbonyl (C=O) groups is 2. The van der Waals surface area contributed by atoms with Gasteiger partial charge in [-0.1, -0.05) is 19.1 Å². The lowest BCUT2D eigenvalue weighted by molar-refractivity contribution is -0.300. The number of aromatic carboxylic acids is 1. The third kappa shape index (κ3) is 2.48. The second-order valence-corrected chi connectivity index (χ2v) is 3.37. The molecule has 0 spiro atoms. The van der Waals surface area contributed by atoms with Gasteiger partial charge in [-0.2, -0.15) is 0 Å². The number of carbonyl (C=O) groups excluding carboxylic acids is 1. The Balaban J connectivity index is 3.20. The zero-order chi connectivity index (χ0) is 12.3. The molecule has 4 nitrogen and oxygen atoms in total. The first-order valence-corrected chi connectivity index (χ1v) is 4.66. The van der Waals surface area contributed by atoms with Crippen LogP contribution in [-0.2, 0) is 4.79 Å². The molecule has 0 fully saturated rings. The van der Waals surface area contributed by atoms with Crippen LogP contribution in [0, 0.1) is 0 Å². The zero-order valence-electron chi connectivity index (χ0n) is 8.98. The molecule has 0 saturated carbocycles. The van der Waals surface area contributed by atoms with Gasteiger partial charge in [0.2, 0.25) is 0 Å². The monoisotopic (exact) mass is 219 g/mol. The molecule has 1 aromatic rings. The number of rotatable bonds is 3. The highest BCUT2D eigenvalue weighted by molar-refractivity contribution is 6.20. The Bertz CT molecular complexity index is 450. The predicted octanol–water partition coefficient (Wildman–Crippen LogP) is 1.07. The van der Waals surface area contributed by atoms with Gasteiger partial charge in [0.1, 0.15) is 0 Å². The Labute approximate surface area is 92.8 Å². The fraction of sp³-hybridized carbons (Fsp3) is 0.167. The van der Waals surface area contributed by atoms with Crippen molar-refractivity contribution in [1.82, 2.24) is 0 Å². The van der Waals surface area contributed by atoms with Crippen molar-refractivity contribution in [2.75, 3.05) is 0 Å². The van der Waals surface area contributed by atoms with Gasteiger partial charge in [-0.15, -0.1) is 5.76 Å². The van der Waals surface area contributed by atoms with E-state index < -0.39 is 5.97 Å². The van der Waals surface area contributed by atoms with Crippen molar-refractivity contribution >= 4 is 17.3 Å². The lowest BCUT2D eigenvalue weighted by Crippen LogP contribution is -2.08. The summed E-state index contributed by atoms with van der Waals surface area (Å²) < 4.78 is 0. The van der Waals surface area contributed by atoms with E-state index in [0.29, 0.717) is 5.56 Å². The van der Waals surface area contributed by atoms with Gasteiger partial charge in [-0.05, 0) is 24.6 Å². The molecule has 0 amide bonds. The van der Waals surface area contributed by atoms with Crippen molar-refractivity contribution < 1.29 is 19.8 Å². The summed E-state index contributed by atoms with van der Waals surface area (Å²) in [4.78, 5) is 21.8. The number of allylic oxidation sites excluding steroid dienone is 2. The van der Waals surface area contributed by atoms with Gasteiger partial charge < -0.3 is 10.2 Å². The molecule has 0 aromatic heterocycles. The number of Topliss-reactive ketones (excluding diaryl/α,β-unsaturated/α-hetero) is 1. The molecule has 0 radical (unpaired) electrons. The van der Waals surface area contributed by atoms with E-state index >= 15 is 0 Å². The van der Waals surface area contributed by atoms with Crippen LogP contribution in [0.5, 0.6) is 0 Å². The fourth-order valence-corrected chi connectivity index (χ4v) is 1.43. The predicted molar refractivity (Wildman–Crippen MR) is 56.7 cm³/mol. The fourth-order valence-electron chi connectivity index (χ4n) is 1.43. The first-order chi connectivity index (χ1) is 7.43. The second kappa shape index (κ2) is 4.61. The van der Waals surface area contributed by atoms with Crippen molar-refractivity contribution in [3.05, 3.63) is 41.2 Å². The van der Waals surface area contributed by atoms with E-state index in [1.54, 1.807) is 0 Å². The SMILES string of the molecule is CC(=O)/C(=C(/C)[O-])c1ccc(C(=O)O)cc1. The summed E-state index contributed by atoms with van der Waals surface area (Å²) in [5.74, 6) is -1.69. The molecular formula is C12H11O4-. The molecule has 1 N–H and O–H groups in total. The molecule has 0 bridgehead atoms. The standard InChI is InChI=1S/C12H12O4/c1-7(13)11(8(2)14)9-3-5-10(6-4-9)12(15)16/h3-6,13H,1-2H3,(H,15,16)/p-1/b11-7+. The first-order valence-electron chi connectivity index (χ1n) is 4.66. The van der Waals surface area contributed by atoms with Gasteiger partial charge in [0.05, 0.1) is 5.56 Å². The van der Waals surface area contributed by atoms with Gasteiger partial charge in [-0.25, -0.2) is 4.79 Å². The first kappa shape index (κ1) is 12.0. The zero-order valence-corrected chi connectivity index (χ0v) is 8.98. The maximum atomic E-state index is 11.2. The third-order valence-corrected chi connectivity index (χ3v) is 2.12. The molecule has 84 valence electrons. The molecule has 1 aromatic carbocycles. The van der Waals surface area contributed by atoms with Crippen LogP contribution in [-0.4, -0.2) is 16.9 Å². The van der Waals surface area contributed by atoms with Gasteiger partial charge in [0, 0.05) is 5.57 Å². The molecule has 0 atom stereocenters. The number of hydrogen-bond acceptors (Lipinski definition) is 3. The summed E-state index contributed by atoms with van der Waals surface area (Å²) in [5, 5.41) is 19.9. The topological polar surface area (TPSA) is 77.4 Å². The van der Waals surface area contributed by atoms with Gasteiger partial charge in [0.25, 0.3) is 0 Å². The average Bonchev–Trinajstić information content (AvgIpc) is 2.17. The number of ketones is 1. The Morgan fingerprint density at radius 2 is 1.50 bits per heavy atom. The summed E-state index contributed by atoms with van der Waals surface area (Å²) in [6, 6.07) is 5.65. The molecule has 0 unspecified atom stereocenters. The Kier molecular flexibility index (Phi) is 3.45. The number of benzene rings is 1. The van der Waals surface area contributed by atoms with E-state index in [1.807, 2.05) is 0 Å². The van der Waals surface area contributed by atoms with E-state index in [4.69, 9.17) is 5.11 Å². The van der Waals surface area contributed by atoms with Gasteiger partial charge in [-0.3, -0.25) is 4.79 Å². The van der Waals surface area contributed by atoms with Gasteiger partial charge >= 0.3 is 5.97 Å². The molecule has 1 rings (SSSR count). The third-order valence-electron chi connectivity index (χ3n) is 2.12. The van der Waals surface area contributed by atoms with Crippen LogP contribution in [0.25, 0.3) is 5.57 Å². The minimum atomic E-state index is -1.04. The number of carboxylic acids is 1. The smallest absolute Gasteiger partial charge is 0.335 e. The van der Waals surface area contributed by atoms with Crippen LogP contribution in [0.2, 0.25) is 0 Å². The average molecular weight is 219 g/mol. The lowest BCUT2D eigenvalue weighted by Gasteiger charge is -2.13. The largest absolute Gasteiger partial charge is 0.875 e. The second-order valence-electron chi connectivity index (χ2n) is 3.37. The highest BCUT2D eigenvalue weighted by atomic mass is 16.4. The highest BCUT2D eigenvalue weighted by Crippen LogP contribution is 2.18. The lowest BCUT2D eigenvalue weighted by atomic mass is 10.00. The summed E-state index contributed by atoms with van der Waals surface area (Å²) in [5.41, 5.74) is 0.664. The van der Waals surface area contributed by atoms with E-state index in [0.717, 1.165) is 0 Å². The van der Waals surface area contributed by atoms with Crippen molar-refractivity contribution in [2.45, 2.75) is 13.8 Å². The van der Waals surface area contributed by atoms with Crippen LogP contribution < -0.4 is 5.11 Å². The van der Waals surface area contributed by atoms with Crippen LogP contribution in [0.1, 0.15) is 29.8 Å². The van der Waals surface area contributed by atoms with Gasteiger partial charge in [0.15, 0.2) is 5.78 Å². The number of hydrogen-bond donors (Lipinski definition) is 1. The summed E-state index contributed by atoms with van der Waals surface area (Å²) >= 11 is 0. The minimum Gasteiger partial charge on any atom is -0.875 e. The maximum absolute atomic E-state index is 11.2. The van der Waals surface area contributed by atoms with Crippen molar-refractivity contribution in [3.63, 3.8) is 0 Å². The van der Waals surface area contributed by atoms with Crippen molar-refractivity contribution in [2.24, 2.45) is 0 Å². The van der Waals surface area contributed by atoms with E-state index in [9.17, 15) is 14.7 Å². The molecule has 16 heavy (non-hydrogen) atoms. The normalized spacial score (nSPS) is 11.9. The Morgan fingerprint density at radius 3 is 1.81 bits per heavy atom. The molecular weight excluding hydrogens is 208 g/mol. The molecule has 0 aliphatic heterocycles. The maximum Gasteiger partial charge on any atom is 0.335 e. The molecule has 0 aliphatic rings. The van der Waals surface area contributed by atoms with Crippen molar-refractivity contribution in [1.29, 1.82) is 0 Å². The highest BCUT2D eigenvalue weighted by Gasteiger charge is 2.08. The minimum absolute atomic E-state index is 0.0944. The van der Waals surface area contributed by atoms with Crippen LogP contribution >= 0.6 is 0 Å². The summed E-state index contributed by atoms with van der Waals surface area (Å²) in [6.45, 7) is 2.61. The number of carboxylic acid groups (broad SMARTS) is 1. The van der Waals surface area contributed by atoms with E-state index in [1.165, 1.54) is 38.1 Å². The van der Waals surface area contributed by atoms with E-state index in [-0.39, 0.29) is 22.7 Å². The van der Waals surface area contributed by atoms with Crippen molar-refractivity contribution in [3.8, 4) is 0 Å². The quantitative estimate of drug-likeness (QED) is 0.609. The van der Waals surface area contributed by atoms with Crippen LogP contribution in [0.3, 0.4) is 0 Å².